The molecule has 0 bridgehead atoms. The summed E-state index contributed by atoms with van der Waals surface area (Å²) in [6.45, 7) is 1.78. The van der Waals surface area contributed by atoms with E-state index in [-0.39, 0.29) is 5.28 Å². The van der Waals surface area contributed by atoms with Gasteiger partial charge in [0.05, 0.1) is 79.0 Å². The van der Waals surface area contributed by atoms with Gasteiger partial charge >= 0.3 is 0 Å². The van der Waals surface area contributed by atoms with Crippen LogP contribution in [-0.2, 0) is 0 Å². The lowest BCUT2D eigenvalue weighted by Crippen LogP contribution is -2.32. The maximum Gasteiger partial charge on any atom is 0.228 e. The molecule has 1 saturated heterocycles. The first-order valence-corrected chi connectivity index (χ1v) is 23.3. The Kier molecular flexibility index (Phi) is 15.8. The van der Waals surface area contributed by atoms with Gasteiger partial charge in [-0.2, -0.15) is 9.97 Å². The number of fused-ring (bicyclic) bond motifs is 2. The molecule has 1 saturated carbocycles. The zero-order chi connectivity index (χ0) is 50.2. The van der Waals surface area contributed by atoms with Gasteiger partial charge in [0, 0.05) is 61.6 Å². The number of methoxy groups -OCH3 is 6. The molecule has 2 aromatic carbocycles. The lowest BCUT2D eigenvalue weighted by molar-refractivity contribution is 0.299. The van der Waals surface area contributed by atoms with Crippen LogP contribution >= 0.6 is 11.6 Å². The monoisotopic (exact) mass is 993 g/mol. The van der Waals surface area contributed by atoms with Crippen molar-refractivity contribution in [1.82, 2.24) is 48.8 Å². The summed E-state index contributed by atoms with van der Waals surface area (Å²) in [7, 11) is 18.0. The van der Waals surface area contributed by atoms with E-state index < -0.39 is 0 Å². The van der Waals surface area contributed by atoms with Gasteiger partial charge < -0.3 is 71.7 Å². The second-order valence-corrected chi connectivity index (χ2v) is 17.4. The third-order valence-electron chi connectivity index (χ3n) is 12.4. The Bertz CT molecular complexity index is 2990. The normalized spacial score (nSPS) is 14.6. The number of imidazole rings is 2. The molecule has 1 aliphatic heterocycles. The first-order chi connectivity index (χ1) is 34.4. The molecule has 2 N–H and O–H groups in total. The molecule has 8 aromatic rings. The highest BCUT2D eigenvalue weighted by Crippen LogP contribution is 2.41. The van der Waals surface area contributed by atoms with Crippen LogP contribution < -0.4 is 44.0 Å². The van der Waals surface area contributed by atoms with E-state index in [1.807, 2.05) is 41.1 Å². The van der Waals surface area contributed by atoms with Crippen LogP contribution in [0.5, 0.6) is 34.5 Å². The molecular formula is C49H60ClN13O8. The summed E-state index contributed by atoms with van der Waals surface area (Å²) in [5.74, 6) is 6.07. The second kappa shape index (κ2) is 22.5. The molecule has 2 fully saturated rings. The lowest BCUT2D eigenvalue weighted by Gasteiger charge is -2.20. The van der Waals surface area contributed by atoms with Gasteiger partial charge in [-0.25, -0.2) is 19.9 Å². The zero-order valence-electron chi connectivity index (χ0n) is 41.6. The van der Waals surface area contributed by atoms with Crippen LogP contribution in [-0.4, -0.2) is 145 Å². The Balaban J connectivity index is 0.000000167. The molecule has 0 amide bonds. The molecule has 1 atom stereocenters. The fourth-order valence-corrected chi connectivity index (χ4v) is 8.67. The number of likely N-dealkylation sites (N-methyl/N-ethyl adjacent to an activating group) is 1. The number of nitrogens with zero attached hydrogens (tertiary/aromatic N) is 11. The van der Waals surface area contributed by atoms with Crippen molar-refractivity contribution in [3.63, 3.8) is 0 Å². The van der Waals surface area contributed by atoms with E-state index in [1.54, 1.807) is 78.4 Å². The Hall–Kier alpha value is -7.49. The summed E-state index contributed by atoms with van der Waals surface area (Å²) < 4.78 is 47.3. The zero-order valence-corrected chi connectivity index (χ0v) is 42.4. The molecule has 1 aliphatic carbocycles. The summed E-state index contributed by atoms with van der Waals surface area (Å²) in [6.07, 6.45) is 16.9. The minimum atomic E-state index is 0.112. The molecule has 2 aliphatic rings. The highest BCUT2D eigenvalue weighted by atomic mass is 35.5. The van der Waals surface area contributed by atoms with Crippen LogP contribution in [0.2, 0.25) is 5.28 Å². The highest BCUT2D eigenvalue weighted by molar-refractivity contribution is 6.28. The Morgan fingerprint density at radius 1 is 0.592 bits per heavy atom. The molecule has 22 heteroatoms. The predicted molar refractivity (Wildman–Crippen MR) is 272 cm³/mol. The Morgan fingerprint density at radius 3 is 1.48 bits per heavy atom. The summed E-state index contributed by atoms with van der Waals surface area (Å²) in [4.78, 5) is 33.4. The standard InChI is InChI=1S/C24H29N7O4.C18H16ClN5O4.C7H15N/c1-29(2)15-6-8-30(12-15)24-26-17-7-9-35-21(17)23(28-24)27-20-13-31(14-25-20)16-10-18(32-3)22(34-5)19(11-16)33-4;1-25-12-6-10(7-13(26-2)16(12)27-3)24-8-14(20-9-24)22-17-15-11(4-5-28-15)21-18(19)23-17;1-8(2)7-5-3-4-6-7/h7,9-11,13-15H,6,8,12H2,1-5H3,(H,26,27,28);4-9H,1-3H3,(H,21,22,23);7H,3-6H2,1-2H3/t15-;;/m0../s1. The number of nitrogens with one attached hydrogen (secondary N) is 2. The molecule has 0 unspecified atom stereocenters. The van der Waals surface area contributed by atoms with Crippen molar-refractivity contribution in [3.8, 4) is 45.9 Å². The van der Waals surface area contributed by atoms with E-state index in [1.165, 1.54) is 31.9 Å². The van der Waals surface area contributed by atoms with Crippen molar-refractivity contribution < 1.29 is 37.3 Å². The SMILES string of the molecule is CN(C)C1CCCC1.COc1cc(-n2cnc(Nc3nc(Cl)nc4ccoc34)c2)cc(OC)c1OC.COc1cc(-n2cnc(Nc3nc(N4CC[C@H](N(C)C)C4)nc4ccoc34)c2)cc(OC)c1OC. The molecule has 0 spiro atoms. The minimum Gasteiger partial charge on any atom is -0.493 e. The van der Waals surface area contributed by atoms with E-state index in [0.717, 1.165) is 42.4 Å². The van der Waals surface area contributed by atoms with E-state index in [9.17, 15) is 0 Å². The number of ether oxygens (including phenoxy) is 6. The number of hydrogen-bond donors (Lipinski definition) is 2. The topological polar surface area (TPSA) is 203 Å². The number of aromatic nitrogens is 8. The van der Waals surface area contributed by atoms with Crippen LogP contribution in [0, 0.1) is 0 Å². The van der Waals surface area contributed by atoms with E-state index in [0.29, 0.717) is 86.4 Å². The number of halogens is 1. The highest BCUT2D eigenvalue weighted by Gasteiger charge is 2.27. The third-order valence-corrected chi connectivity index (χ3v) is 12.5. The van der Waals surface area contributed by atoms with Gasteiger partial charge in [-0.1, -0.05) is 12.8 Å². The predicted octanol–water partition coefficient (Wildman–Crippen LogP) is 8.64. The van der Waals surface area contributed by atoms with Crippen LogP contribution in [0.15, 0.2) is 82.8 Å². The smallest absolute Gasteiger partial charge is 0.228 e. The van der Waals surface area contributed by atoms with Crippen LogP contribution in [0.3, 0.4) is 0 Å². The van der Waals surface area contributed by atoms with Crippen molar-refractivity contribution in [2.45, 2.75) is 44.2 Å². The molecule has 10 rings (SSSR count). The summed E-state index contributed by atoms with van der Waals surface area (Å²) in [5.41, 5.74) is 4.00. The maximum atomic E-state index is 5.97. The minimum absolute atomic E-state index is 0.112. The lowest BCUT2D eigenvalue weighted by atomic mass is 10.2. The van der Waals surface area contributed by atoms with Gasteiger partial charge in [0.25, 0.3) is 0 Å². The third kappa shape index (κ3) is 11.3. The number of benzene rings is 2. The van der Waals surface area contributed by atoms with Gasteiger partial charge in [-0.05, 0) is 59.1 Å². The molecule has 376 valence electrons. The molecular weight excluding hydrogens is 934 g/mol. The van der Waals surface area contributed by atoms with Crippen molar-refractivity contribution >= 4 is 63.0 Å². The van der Waals surface area contributed by atoms with Gasteiger partial charge in [-0.3, -0.25) is 0 Å². The molecule has 6 aromatic heterocycles. The Labute approximate surface area is 416 Å². The summed E-state index contributed by atoms with van der Waals surface area (Å²) in [5, 5.41) is 6.51. The number of furan rings is 2. The fourth-order valence-electron chi connectivity index (χ4n) is 8.50. The van der Waals surface area contributed by atoms with Crippen molar-refractivity contribution in [2.24, 2.45) is 0 Å². The summed E-state index contributed by atoms with van der Waals surface area (Å²) in [6, 6.07) is 12.3. The van der Waals surface area contributed by atoms with Crippen molar-refractivity contribution in [1.29, 1.82) is 0 Å². The fraction of sp³-hybridized carbons (Fsp3) is 0.388. The molecule has 0 radical (unpaired) electrons. The quantitative estimate of drug-likeness (QED) is 0.0923. The largest absolute Gasteiger partial charge is 0.493 e. The van der Waals surface area contributed by atoms with Crippen LogP contribution in [0.1, 0.15) is 32.1 Å². The number of anilines is 5. The first kappa shape index (κ1) is 49.9. The average Bonchev–Trinajstić information content (AvgIpc) is 4.24. The van der Waals surface area contributed by atoms with Crippen LogP contribution in [0.25, 0.3) is 33.6 Å². The van der Waals surface area contributed by atoms with Gasteiger partial charge in [-0.15, -0.1) is 0 Å². The van der Waals surface area contributed by atoms with Gasteiger partial charge in [0.2, 0.25) is 22.7 Å². The van der Waals surface area contributed by atoms with E-state index in [4.69, 9.17) is 58.8 Å². The van der Waals surface area contributed by atoms with Gasteiger partial charge in [0.15, 0.2) is 45.8 Å². The van der Waals surface area contributed by atoms with Crippen LogP contribution in [0.4, 0.5) is 29.2 Å². The van der Waals surface area contributed by atoms with E-state index in [2.05, 4.69) is 73.5 Å². The number of hydrogen-bond acceptors (Lipinski definition) is 19. The first-order valence-electron chi connectivity index (χ1n) is 22.9. The van der Waals surface area contributed by atoms with Crippen molar-refractivity contribution in [2.75, 3.05) is 99.5 Å². The summed E-state index contributed by atoms with van der Waals surface area (Å²) >= 11 is 5.97. The second-order valence-electron chi connectivity index (χ2n) is 17.1. The van der Waals surface area contributed by atoms with E-state index >= 15 is 0 Å². The Morgan fingerprint density at radius 2 is 1.06 bits per heavy atom. The molecule has 7 heterocycles. The molecule has 21 nitrogen and oxygen atoms in total. The maximum absolute atomic E-state index is 5.97. The number of rotatable bonds is 15. The van der Waals surface area contributed by atoms with Gasteiger partial charge in [0.1, 0.15) is 35.3 Å². The van der Waals surface area contributed by atoms with Crippen molar-refractivity contribution in [3.05, 3.63) is 79.3 Å². The molecule has 71 heavy (non-hydrogen) atoms. The average molecular weight is 995 g/mol.